The first-order chi connectivity index (χ1) is 36.1. The van der Waals surface area contributed by atoms with Crippen LogP contribution in [0.3, 0.4) is 0 Å². The van der Waals surface area contributed by atoms with Gasteiger partial charge in [-0.15, -0.1) is 48.1 Å². The van der Waals surface area contributed by atoms with Crippen molar-refractivity contribution in [2.45, 2.75) is 112 Å². The minimum absolute atomic E-state index is 0. The predicted molar refractivity (Wildman–Crippen MR) is 320 cm³/mol. The summed E-state index contributed by atoms with van der Waals surface area (Å²) in [5, 5.41) is 2.23. The molecule has 0 saturated heterocycles. The van der Waals surface area contributed by atoms with Crippen molar-refractivity contribution < 1.29 is 25.8 Å². The van der Waals surface area contributed by atoms with Crippen molar-refractivity contribution in [3.05, 3.63) is 223 Å². The quantitative estimate of drug-likeness (QED) is 0.142. The summed E-state index contributed by atoms with van der Waals surface area (Å²) in [5.74, 6) is 2.04. The molecule has 0 bridgehead atoms. The van der Waals surface area contributed by atoms with Crippen LogP contribution in [0.15, 0.2) is 176 Å². The normalized spacial score (nSPS) is 13.1. The van der Waals surface area contributed by atoms with E-state index in [1.165, 1.54) is 50.1 Å². The first-order valence-electron chi connectivity index (χ1n) is 26.8. The van der Waals surface area contributed by atoms with Crippen LogP contribution in [0.1, 0.15) is 111 Å². The molecule has 3 heterocycles. The van der Waals surface area contributed by atoms with E-state index in [0.717, 1.165) is 61.5 Å². The average Bonchev–Trinajstić information content (AvgIpc) is 4.13. The van der Waals surface area contributed by atoms with Gasteiger partial charge in [0.1, 0.15) is 5.82 Å². The number of aryl methyl sites for hydroxylation is 1. The molecule has 2 aromatic heterocycles. The Hall–Kier alpha value is -7.20. The van der Waals surface area contributed by atoms with Gasteiger partial charge in [-0.05, 0) is 127 Å². The summed E-state index contributed by atoms with van der Waals surface area (Å²) >= 11 is 0. The minimum atomic E-state index is -0.137. The Kier molecular flexibility index (Phi) is 13.8. The van der Waals surface area contributed by atoms with Gasteiger partial charge in [-0.2, -0.15) is 12.1 Å². The summed E-state index contributed by atoms with van der Waals surface area (Å²) in [4.78, 5) is 9.58. The van der Waals surface area contributed by atoms with E-state index >= 15 is 0 Å². The molecule has 77 heavy (non-hydrogen) atoms. The summed E-state index contributed by atoms with van der Waals surface area (Å²) in [6.07, 6.45) is 1.91. The van der Waals surface area contributed by atoms with Crippen molar-refractivity contribution in [3.8, 4) is 50.7 Å². The maximum Gasteiger partial charge on any atom is 0.135 e. The van der Waals surface area contributed by atoms with Gasteiger partial charge < -0.3 is 19.1 Å². The fraction of sp³-hybridized carbons (Fsp3) is 0.239. The van der Waals surface area contributed by atoms with Crippen LogP contribution < -0.4 is 14.5 Å². The number of nitrogens with zero attached hydrogens (tertiary/aromatic N) is 4. The molecule has 0 N–H and O–H groups in total. The largest absolute Gasteiger partial charge is 0.509 e. The number of rotatable bonds is 8. The van der Waals surface area contributed by atoms with Crippen molar-refractivity contribution in [3.63, 3.8) is 0 Å². The molecule has 0 fully saturated rings. The van der Waals surface area contributed by atoms with Gasteiger partial charge in [0.2, 0.25) is 0 Å². The molecular weight excluding hydrogens is 1120 g/mol. The molecule has 0 spiro atoms. The van der Waals surface area contributed by atoms with Gasteiger partial charge in [-0.3, -0.25) is 0 Å². The fourth-order valence-electron chi connectivity index (χ4n) is 10.9. The topological polar surface area (TPSA) is 33.5 Å². The third kappa shape index (κ3) is 10.2. The molecule has 0 amide bonds. The van der Waals surface area contributed by atoms with Crippen LogP contribution in [0.5, 0.6) is 11.5 Å². The van der Waals surface area contributed by atoms with Crippen molar-refractivity contribution >= 4 is 44.6 Å². The molecule has 0 saturated carbocycles. The molecule has 1 aliphatic rings. The van der Waals surface area contributed by atoms with Gasteiger partial charge >= 0.3 is 0 Å². The molecule has 0 radical (unpaired) electrons. The van der Waals surface area contributed by atoms with Crippen LogP contribution in [-0.4, -0.2) is 9.55 Å². The third-order valence-electron chi connectivity index (χ3n) is 15.0. The average molecular weight is 1190 g/mol. The van der Waals surface area contributed by atoms with Crippen LogP contribution >= 0.6 is 0 Å². The van der Waals surface area contributed by atoms with Crippen molar-refractivity contribution in [2.75, 3.05) is 9.80 Å². The Morgan fingerprint density at radius 1 is 0.468 bits per heavy atom. The molecule has 8 aromatic carbocycles. The van der Waals surface area contributed by atoms with Gasteiger partial charge in [-0.25, -0.2) is 4.98 Å². The number of aromatic nitrogens is 2. The van der Waals surface area contributed by atoms with E-state index in [4.69, 9.17) is 9.72 Å². The Labute approximate surface area is 471 Å². The molecule has 0 atom stereocenters. The molecule has 0 aliphatic carbocycles. The number of fused-ring (bicyclic) bond motifs is 4. The monoisotopic (exact) mass is 1190 g/mol. The zero-order chi connectivity index (χ0) is 53.5. The van der Waals surface area contributed by atoms with Crippen molar-refractivity contribution in [1.29, 1.82) is 0 Å². The van der Waals surface area contributed by atoms with E-state index < -0.39 is 0 Å². The Morgan fingerprint density at radius 2 is 1.08 bits per heavy atom. The smallest absolute Gasteiger partial charge is 0.135 e. The Morgan fingerprint density at radius 3 is 1.77 bits per heavy atom. The second-order valence-corrected chi connectivity index (χ2v) is 24.8. The van der Waals surface area contributed by atoms with Gasteiger partial charge in [0.05, 0.1) is 0 Å². The zero-order valence-electron chi connectivity index (χ0n) is 46.8. The number of para-hydroxylation sites is 1. The second-order valence-electron chi connectivity index (χ2n) is 24.8. The summed E-state index contributed by atoms with van der Waals surface area (Å²) in [6, 6.07) is 69.2. The molecule has 11 rings (SSSR count). The van der Waals surface area contributed by atoms with E-state index in [2.05, 4.69) is 281 Å². The van der Waals surface area contributed by atoms with Crippen LogP contribution in [0.4, 0.5) is 22.7 Å². The summed E-state index contributed by atoms with van der Waals surface area (Å²) in [5.41, 5.74) is 19.3. The molecule has 0 unspecified atom stereocenters. The Bertz CT molecular complexity index is 3840. The predicted octanol–water partition coefficient (Wildman–Crippen LogP) is 19.5. The molecule has 392 valence electrons. The summed E-state index contributed by atoms with van der Waals surface area (Å²) < 4.78 is 8.99. The zero-order valence-corrected chi connectivity index (χ0v) is 49.1. The first-order valence-corrected chi connectivity index (χ1v) is 26.8. The summed E-state index contributed by atoms with van der Waals surface area (Å²) in [6.45, 7) is 31.9. The summed E-state index contributed by atoms with van der Waals surface area (Å²) in [7, 11) is 0. The maximum atomic E-state index is 6.79. The second kappa shape index (κ2) is 20.0. The van der Waals surface area contributed by atoms with E-state index in [-0.39, 0.29) is 42.7 Å². The molecule has 5 nitrogen and oxygen atoms in total. The van der Waals surface area contributed by atoms with Crippen LogP contribution in [0.25, 0.3) is 61.0 Å². The van der Waals surface area contributed by atoms with E-state index in [0.29, 0.717) is 11.5 Å². The van der Waals surface area contributed by atoms with E-state index in [9.17, 15) is 0 Å². The van der Waals surface area contributed by atoms with Crippen LogP contribution in [-0.2, 0) is 42.7 Å². The molecule has 6 heteroatoms. The van der Waals surface area contributed by atoms with Gasteiger partial charge in [-0.1, -0.05) is 186 Å². The maximum absolute atomic E-state index is 6.79. The number of hydrogen-bond acceptors (Lipinski definition) is 4. The fourth-order valence-corrected chi connectivity index (χ4v) is 10.9. The number of ether oxygens (including phenoxy) is 1. The number of benzene rings is 8. The van der Waals surface area contributed by atoms with Gasteiger partial charge in [0.25, 0.3) is 0 Å². The standard InChI is InChI=1S/C71H69N4O.Pt/c1-46-29-36-63-65(39-46)73(51-21-20-22-52(43-51)76-53-34-35-57-56-25-16-19-28-62(56)75(64(57)44-53)66-42-49(37-38-72-66)68(2,3)4)45-74(63)67-58(48-32-30-47(31-33-48)54-23-14-17-26-60(54)70(8,9)10)40-50(69(5,6)7)41-59(67)55-24-15-18-27-61(55)71(11,12)13;/h14-42,45H,1-13H3;/q-3;. The number of anilines is 4. The van der Waals surface area contributed by atoms with Gasteiger partial charge in [0, 0.05) is 72.5 Å². The van der Waals surface area contributed by atoms with E-state index in [1.807, 2.05) is 18.3 Å². The third-order valence-corrected chi connectivity index (χ3v) is 15.0. The van der Waals surface area contributed by atoms with Crippen molar-refractivity contribution in [2.24, 2.45) is 0 Å². The number of hydrogen-bond donors (Lipinski definition) is 0. The van der Waals surface area contributed by atoms with Crippen LogP contribution in [0, 0.1) is 25.7 Å². The van der Waals surface area contributed by atoms with Gasteiger partial charge in [0.15, 0.2) is 0 Å². The minimum Gasteiger partial charge on any atom is -0.509 e. The molecular formula is C71H69N4OPt-3. The first kappa shape index (κ1) is 53.2. The SMILES string of the molecule is Cc1ccc2c(c1)N(c1[c-]c(Oc3[c-]c4c(cc3)c3ccccc3n4-c3cc(C(C)(C)C)ccn3)ccc1)[CH-]N2c1c(-c2ccc(-c3ccccc3C(C)(C)C)cc2)cc(C(C)(C)C)cc1-c1ccccc1C(C)(C)C.[Pt]. The number of pyridine rings is 1. The molecule has 10 aromatic rings. The van der Waals surface area contributed by atoms with Crippen molar-refractivity contribution in [1.82, 2.24) is 9.55 Å². The molecule has 1 aliphatic heterocycles. The van der Waals surface area contributed by atoms with Crippen LogP contribution in [0.2, 0.25) is 0 Å². The van der Waals surface area contributed by atoms with E-state index in [1.54, 1.807) is 0 Å². The Balaban J connectivity index is 0.00000672.